The quantitative estimate of drug-likeness (QED) is 0.827. The smallest absolute Gasteiger partial charge is 0.266 e. The molecule has 1 aliphatic rings. The molecule has 106 valence electrons. The Balaban J connectivity index is 1.97. The number of likely N-dealkylation sites (tertiary alicyclic amines) is 1. The molecule has 0 aliphatic carbocycles. The molecule has 1 aromatic carbocycles. The van der Waals surface area contributed by atoms with Crippen LogP contribution in [0, 0.1) is 0 Å². The third-order valence-electron chi connectivity index (χ3n) is 3.57. The van der Waals surface area contributed by atoms with Gasteiger partial charge < -0.3 is 15.7 Å². The number of aliphatic hydroxyl groups is 1. The molecule has 1 atom stereocenters. The first-order chi connectivity index (χ1) is 9.56. The lowest BCUT2D eigenvalue weighted by Gasteiger charge is -2.29. The van der Waals surface area contributed by atoms with Crippen LogP contribution in [0.3, 0.4) is 0 Å². The number of anilines is 1. The number of hydrogen-bond donors (Lipinski definition) is 2. The highest BCUT2D eigenvalue weighted by Crippen LogP contribution is 2.36. The molecule has 0 spiro atoms. The van der Waals surface area contributed by atoms with E-state index in [2.05, 4.69) is 15.9 Å². The number of thiophene rings is 1. The van der Waals surface area contributed by atoms with Gasteiger partial charge in [0.1, 0.15) is 4.88 Å². The Labute approximate surface area is 129 Å². The summed E-state index contributed by atoms with van der Waals surface area (Å²) in [5.41, 5.74) is 6.66. The van der Waals surface area contributed by atoms with E-state index < -0.39 is 6.10 Å². The number of fused-ring (bicyclic) bond motifs is 1. The number of β-amino-alcohol motifs (C(OH)–C–C–N with tert-alkyl or cyclic N) is 1. The largest absolute Gasteiger partial charge is 0.397 e. The second kappa shape index (κ2) is 5.35. The van der Waals surface area contributed by atoms with Gasteiger partial charge in [-0.3, -0.25) is 4.79 Å². The van der Waals surface area contributed by atoms with Crippen LogP contribution in [0.1, 0.15) is 22.5 Å². The molecule has 1 aliphatic heterocycles. The zero-order valence-corrected chi connectivity index (χ0v) is 13.2. The summed E-state index contributed by atoms with van der Waals surface area (Å²) in [5, 5.41) is 10.6. The molecule has 0 saturated carbocycles. The molecule has 1 fully saturated rings. The molecule has 1 unspecified atom stereocenters. The van der Waals surface area contributed by atoms with Crippen molar-refractivity contribution in [1.29, 1.82) is 0 Å². The van der Waals surface area contributed by atoms with E-state index in [1.54, 1.807) is 4.90 Å². The molecule has 1 amide bonds. The average molecular weight is 355 g/mol. The molecule has 3 rings (SSSR count). The Kier molecular flexibility index (Phi) is 3.70. The fraction of sp³-hybridized carbons (Fsp3) is 0.357. The van der Waals surface area contributed by atoms with Gasteiger partial charge in [-0.15, -0.1) is 11.3 Å². The van der Waals surface area contributed by atoms with Crippen molar-refractivity contribution >= 4 is 48.9 Å². The number of amides is 1. The summed E-state index contributed by atoms with van der Waals surface area (Å²) in [5.74, 6) is -0.0708. The number of benzene rings is 1. The number of hydrogen-bond acceptors (Lipinski definition) is 4. The molecule has 1 aromatic heterocycles. The van der Waals surface area contributed by atoms with Gasteiger partial charge in [0.15, 0.2) is 0 Å². The lowest BCUT2D eigenvalue weighted by molar-refractivity contribution is 0.0478. The topological polar surface area (TPSA) is 66.6 Å². The predicted octanol–water partition coefficient (Wildman–Crippen LogP) is 2.84. The number of halogens is 1. The van der Waals surface area contributed by atoms with Crippen molar-refractivity contribution in [2.24, 2.45) is 0 Å². The van der Waals surface area contributed by atoms with Crippen LogP contribution in [-0.2, 0) is 0 Å². The number of carbonyl (C=O) groups is 1. The Morgan fingerprint density at radius 2 is 2.30 bits per heavy atom. The Morgan fingerprint density at radius 3 is 3.05 bits per heavy atom. The standard InChI is InChI=1S/C14H15BrN2O2S/c15-8-3-4-10-11(6-8)20-13(12(10)16)14(19)17-5-1-2-9(18)7-17/h3-4,6,9,18H,1-2,5,7,16H2. The minimum atomic E-state index is -0.419. The number of nitrogens with two attached hydrogens (primary N) is 1. The maximum absolute atomic E-state index is 12.6. The zero-order valence-electron chi connectivity index (χ0n) is 10.8. The van der Waals surface area contributed by atoms with Gasteiger partial charge in [0.2, 0.25) is 0 Å². The van der Waals surface area contributed by atoms with Crippen LogP contribution in [0.2, 0.25) is 0 Å². The molecule has 4 nitrogen and oxygen atoms in total. The number of aliphatic hydroxyl groups excluding tert-OH is 1. The van der Waals surface area contributed by atoms with E-state index in [1.807, 2.05) is 18.2 Å². The number of nitrogen functional groups attached to an aromatic ring is 1. The van der Waals surface area contributed by atoms with Gasteiger partial charge in [-0.05, 0) is 25.0 Å². The molecule has 2 heterocycles. The Morgan fingerprint density at radius 1 is 1.50 bits per heavy atom. The maximum Gasteiger partial charge on any atom is 0.266 e. The monoisotopic (exact) mass is 354 g/mol. The van der Waals surface area contributed by atoms with Crippen molar-refractivity contribution < 1.29 is 9.90 Å². The second-order valence-electron chi connectivity index (χ2n) is 5.03. The SMILES string of the molecule is Nc1c(C(=O)N2CCCC(O)C2)sc2cc(Br)ccc12. The highest BCUT2D eigenvalue weighted by molar-refractivity contribution is 9.10. The third kappa shape index (κ3) is 2.43. The van der Waals surface area contributed by atoms with Crippen molar-refractivity contribution in [3.8, 4) is 0 Å². The van der Waals surface area contributed by atoms with E-state index in [9.17, 15) is 9.90 Å². The van der Waals surface area contributed by atoms with E-state index in [0.29, 0.717) is 23.7 Å². The summed E-state index contributed by atoms with van der Waals surface area (Å²) in [6.45, 7) is 1.09. The normalized spacial score (nSPS) is 19.5. The van der Waals surface area contributed by atoms with Gasteiger partial charge in [0, 0.05) is 27.6 Å². The molecule has 0 radical (unpaired) electrons. The molecule has 0 bridgehead atoms. The lowest BCUT2D eigenvalue weighted by atomic mass is 10.1. The average Bonchev–Trinajstić information content (AvgIpc) is 2.74. The highest BCUT2D eigenvalue weighted by atomic mass is 79.9. The van der Waals surface area contributed by atoms with Gasteiger partial charge in [-0.2, -0.15) is 0 Å². The predicted molar refractivity (Wildman–Crippen MR) is 85.1 cm³/mol. The molecular weight excluding hydrogens is 340 g/mol. The van der Waals surface area contributed by atoms with Crippen LogP contribution in [0.25, 0.3) is 10.1 Å². The van der Waals surface area contributed by atoms with Crippen molar-refractivity contribution in [2.45, 2.75) is 18.9 Å². The minimum Gasteiger partial charge on any atom is -0.397 e. The van der Waals surface area contributed by atoms with Gasteiger partial charge in [0.05, 0.1) is 11.8 Å². The fourth-order valence-electron chi connectivity index (χ4n) is 2.53. The van der Waals surface area contributed by atoms with E-state index in [4.69, 9.17) is 5.73 Å². The summed E-state index contributed by atoms with van der Waals surface area (Å²) in [6, 6.07) is 5.82. The van der Waals surface area contributed by atoms with Crippen LogP contribution in [0.4, 0.5) is 5.69 Å². The molecule has 3 N–H and O–H groups in total. The highest BCUT2D eigenvalue weighted by Gasteiger charge is 2.26. The molecular formula is C14H15BrN2O2S. The number of nitrogens with zero attached hydrogens (tertiary/aromatic N) is 1. The van der Waals surface area contributed by atoms with E-state index in [1.165, 1.54) is 11.3 Å². The maximum atomic E-state index is 12.6. The lowest BCUT2D eigenvalue weighted by Crippen LogP contribution is -2.42. The molecule has 1 saturated heterocycles. The van der Waals surface area contributed by atoms with Crippen LogP contribution in [0.15, 0.2) is 22.7 Å². The van der Waals surface area contributed by atoms with Crippen molar-refractivity contribution in [3.63, 3.8) is 0 Å². The molecule has 2 aromatic rings. The van der Waals surface area contributed by atoms with Gasteiger partial charge in [0.25, 0.3) is 5.91 Å². The Bertz CT molecular complexity index is 670. The van der Waals surface area contributed by atoms with Crippen LogP contribution in [-0.4, -0.2) is 35.1 Å². The van der Waals surface area contributed by atoms with E-state index in [0.717, 1.165) is 27.4 Å². The molecule has 6 heteroatoms. The van der Waals surface area contributed by atoms with Crippen molar-refractivity contribution in [2.75, 3.05) is 18.8 Å². The van der Waals surface area contributed by atoms with Crippen molar-refractivity contribution in [3.05, 3.63) is 27.5 Å². The zero-order chi connectivity index (χ0) is 14.3. The fourth-order valence-corrected chi connectivity index (χ4v) is 4.17. The number of piperidine rings is 1. The van der Waals surface area contributed by atoms with Crippen LogP contribution >= 0.6 is 27.3 Å². The first-order valence-corrected chi connectivity index (χ1v) is 8.12. The first-order valence-electron chi connectivity index (χ1n) is 6.51. The van der Waals surface area contributed by atoms with Gasteiger partial charge in [-0.1, -0.05) is 22.0 Å². The summed E-state index contributed by atoms with van der Waals surface area (Å²) in [4.78, 5) is 14.8. The number of rotatable bonds is 1. The second-order valence-corrected chi connectivity index (χ2v) is 7.00. The summed E-state index contributed by atoms with van der Waals surface area (Å²) < 4.78 is 1.97. The number of carbonyl (C=O) groups excluding carboxylic acids is 1. The summed E-state index contributed by atoms with van der Waals surface area (Å²) in [6.07, 6.45) is 1.18. The van der Waals surface area contributed by atoms with Crippen LogP contribution in [0.5, 0.6) is 0 Å². The Hall–Kier alpha value is -1.11. The summed E-state index contributed by atoms with van der Waals surface area (Å²) >= 11 is 4.84. The van der Waals surface area contributed by atoms with E-state index >= 15 is 0 Å². The van der Waals surface area contributed by atoms with Crippen LogP contribution < -0.4 is 5.73 Å². The summed E-state index contributed by atoms with van der Waals surface area (Å²) in [7, 11) is 0. The van der Waals surface area contributed by atoms with Gasteiger partial charge in [-0.25, -0.2) is 0 Å². The third-order valence-corrected chi connectivity index (χ3v) is 5.22. The first kappa shape index (κ1) is 13.9. The van der Waals surface area contributed by atoms with Gasteiger partial charge >= 0.3 is 0 Å². The van der Waals surface area contributed by atoms with E-state index in [-0.39, 0.29) is 5.91 Å². The minimum absolute atomic E-state index is 0.0708. The van der Waals surface area contributed by atoms with Crippen molar-refractivity contribution in [1.82, 2.24) is 4.90 Å². The molecule has 20 heavy (non-hydrogen) atoms.